The lowest BCUT2D eigenvalue weighted by Crippen LogP contribution is -2.30. The van der Waals surface area contributed by atoms with Crippen LogP contribution in [0.25, 0.3) is 0 Å². The van der Waals surface area contributed by atoms with E-state index in [0.29, 0.717) is 17.2 Å². The van der Waals surface area contributed by atoms with Crippen molar-refractivity contribution in [2.24, 2.45) is 0 Å². The minimum absolute atomic E-state index is 0.151. The van der Waals surface area contributed by atoms with Gasteiger partial charge in [-0.3, -0.25) is 14.6 Å². The van der Waals surface area contributed by atoms with Gasteiger partial charge in [0.15, 0.2) is 0 Å². The van der Waals surface area contributed by atoms with Gasteiger partial charge in [-0.05, 0) is 48.5 Å². The molecule has 8 nitrogen and oxygen atoms in total. The van der Waals surface area contributed by atoms with Gasteiger partial charge in [-0.1, -0.05) is 11.6 Å². The van der Waals surface area contributed by atoms with Crippen molar-refractivity contribution < 1.29 is 32.3 Å². The lowest BCUT2D eigenvalue weighted by molar-refractivity contribution is -0.137. The van der Waals surface area contributed by atoms with E-state index in [2.05, 4.69) is 21.1 Å². The first-order valence-corrected chi connectivity index (χ1v) is 10.1. The van der Waals surface area contributed by atoms with E-state index in [1.54, 1.807) is 30.3 Å². The Bertz CT molecular complexity index is 1170. The lowest BCUT2D eigenvalue weighted by atomic mass is 10.2. The Labute approximate surface area is 197 Å². The Morgan fingerprint density at radius 1 is 1.00 bits per heavy atom. The van der Waals surface area contributed by atoms with Crippen LogP contribution in [-0.2, 0) is 11.0 Å². The van der Waals surface area contributed by atoms with E-state index in [9.17, 15) is 22.8 Å². The van der Waals surface area contributed by atoms with Crippen molar-refractivity contribution in [3.63, 3.8) is 0 Å². The molecule has 0 saturated carbocycles. The average Bonchev–Trinajstić information content (AvgIpc) is 2.80. The Hall–Kier alpha value is -3.83. The number of nitrogens with one attached hydrogen (secondary N) is 3. The van der Waals surface area contributed by atoms with Crippen LogP contribution in [0.5, 0.6) is 17.2 Å². The van der Waals surface area contributed by atoms with Gasteiger partial charge >= 0.3 is 6.18 Å². The minimum Gasteiger partial charge on any atom is -0.457 e. The lowest BCUT2D eigenvalue weighted by Gasteiger charge is -2.12. The van der Waals surface area contributed by atoms with Crippen LogP contribution in [0.4, 0.5) is 18.9 Å². The number of carbonyl (C=O) groups excluding carboxylic acids is 2. The zero-order chi connectivity index (χ0) is 24.7. The van der Waals surface area contributed by atoms with Crippen molar-refractivity contribution in [1.82, 2.24) is 15.8 Å². The number of nitrogens with zero attached hydrogens (tertiary/aromatic N) is 1. The third kappa shape index (κ3) is 6.83. The van der Waals surface area contributed by atoms with Gasteiger partial charge < -0.3 is 20.2 Å². The summed E-state index contributed by atoms with van der Waals surface area (Å²) in [7, 11) is 1.49. The standard InChI is InChI=1S/C22H18ClF3N4O4/c1-27-21(32)19-11-15(8-9-28-19)33-14-4-2-13(3-5-14)30-20(31)12-29-34-16-6-7-18(23)17(10-16)22(24,25)26/h2-11,29H,12H2,1H3,(H,27,32)(H,30,31). The molecule has 3 N–H and O–H groups in total. The highest BCUT2D eigenvalue weighted by Gasteiger charge is 2.33. The van der Waals surface area contributed by atoms with Crippen LogP contribution in [0.3, 0.4) is 0 Å². The van der Waals surface area contributed by atoms with Crippen LogP contribution in [0.15, 0.2) is 60.8 Å². The van der Waals surface area contributed by atoms with Gasteiger partial charge in [0.25, 0.3) is 5.91 Å². The first-order valence-electron chi connectivity index (χ1n) is 9.68. The van der Waals surface area contributed by atoms with E-state index in [1.165, 1.54) is 25.4 Å². The summed E-state index contributed by atoms with van der Waals surface area (Å²) >= 11 is 5.55. The molecule has 2 aromatic carbocycles. The molecule has 178 valence electrons. The Balaban J connectivity index is 1.50. The van der Waals surface area contributed by atoms with Crippen molar-refractivity contribution in [3.05, 3.63) is 77.1 Å². The molecule has 3 rings (SSSR count). The molecule has 0 aliphatic carbocycles. The summed E-state index contributed by atoms with van der Waals surface area (Å²) in [6.45, 7) is -0.332. The summed E-state index contributed by atoms with van der Waals surface area (Å²) in [5.41, 5.74) is 1.90. The number of anilines is 1. The van der Waals surface area contributed by atoms with Gasteiger partial charge in [-0.15, -0.1) is 5.48 Å². The average molecular weight is 495 g/mol. The quantitative estimate of drug-likeness (QED) is 0.401. The molecule has 0 aliphatic heterocycles. The summed E-state index contributed by atoms with van der Waals surface area (Å²) in [5, 5.41) is 4.61. The summed E-state index contributed by atoms with van der Waals surface area (Å²) in [6, 6.07) is 12.5. The largest absolute Gasteiger partial charge is 0.457 e. The maximum atomic E-state index is 12.9. The number of carbonyl (C=O) groups is 2. The van der Waals surface area contributed by atoms with Crippen molar-refractivity contribution in [2.45, 2.75) is 6.18 Å². The summed E-state index contributed by atoms with van der Waals surface area (Å²) < 4.78 is 44.3. The molecule has 12 heteroatoms. The highest BCUT2D eigenvalue weighted by Crippen LogP contribution is 2.36. The van der Waals surface area contributed by atoms with E-state index in [4.69, 9.17) is 21.2 Å². The van der Waals surface area contributed by atoms with Crippen LogP contribution in [0.1, 0.15) is 16.1 Å². The number of aromatic nitrogens is 1. The normalized spacial score (nSPS) is 11.0. The number of hydroxylamine groups is 1. The Kier molecular flexibility index (Phi) is 7.92. The van der Waals surface area contributed by atoms with Crippen molar-refractivity contribution in [1.29, 1.82) is 0 Å². The summed E-state index contributed by atoms with van der Waals surface area (Å²) in [6.07, 6.45) is -3.19. The monoisotopic (exact) mass is 494 g/mol. The number of benzene rings is 2. The second kappa shape index (κ2) is 10.9. The van der Waals surface area contributed by atoms with E-state index in [1.807, 2.05) is 0 Å². The fourth-order valence-electron chi connectivity index (χ4n) is 2.64. The zero-order valence-corrected chi connectivity index (χ0v) is 18.3. The molecule has 34 heavy (non-hydrogen) atoms. The zero-order valence-electron chi connectivity index (χ0n) is 17.6. The molecule has 0 aliphatic rings. The number of hydrogen-bond acceptors (Lipinski definition) is 6. The van der Waals surface area contributed by atoms with Gasteiger partial charge in [0.1, 0.15) is 29.5 Å². The molecule has 1 heterocycles. The molecule has 2 amide bonds. The highest BCUT2D eigenvalue weighted by atomic mass is 35.5. The Morgan fingerprint density at radius 2 is 1.71 bits per heavy atom. The molecule has 0 radical (unpaired) electrons. The topological polar surface area (TPSA) is 102 Å². The number of amides is 2. The number of alkyl halides is 3. The van der Waals surface area contributed by atoms with Crippen molar-refractivity contribution in [2.75, 3.05) is 18.9 Å². The highest BCUT2D eigenvalue weighted by molar-refractivity contribution is 6.31. The fraction of sp³-hybridized carbons (Fsp3) is 0.136. The van der Waals surface area contributed by atoms with Crippen molar-refractivity contribution in [3.8, 4) is 17.2 Å². The molecular weight excluding hydrogens is 477 g/mol. The van der Waals surface area contributed by atoms with E-state index < -0.39 is 22.7 Å². The predicted molar refractivity (Wildman–Crippen MR) is 118 cm³/mol. The molecule has 3 aromatic rings. The minimum atomic E-state index is -4.63. The second-order valence-electron chi connectivity index (χ2n) is 6.69. The number of rotatable bonds is 8. The fourth-order valence-corrected chi connectivity index (χ4v) is 2.87. The van der Waals surface area contributed by atoms with E-state index >= 15 is 0 Å². The second-order valence-corrected chi connectivity index (χ2v) is 7.10. The van der Waals surface area contributed by atoms with Crippen LogP contribution in [0.2, 0.25) is 5.02 Å². The van der Waals surface area contributed by atoms with Crippen LogP contribution < -0.4 is 25.7 Å². The predicted octanol–water partition coefficient (Wildman–Crippen LogP) is 4.43. The van der Waals surface area contributed by atoms with Gasteiger partial charge in [0.05, 0.1) is 10.6 Å². The first-order chi connectivity index (χ1) is 16.2. The molecule has 0 spiro atoms. The number of hydrogen-bond donors (Lipinski definition) is 3. The van der Waals surface area contributed by atoms with Crippen LogP contribution in [-0.4, -0.2) is 30.4 Å². The molecule has 0 fully saturated rings. The summed E-state index contributed by atoms with van der Waals surface area (Å²) in [4.78, 5) is 32.7. The third-order valence-electron chi connectivity index (χ3n) is 4.23. The number of halogens is 4. The molecule has 0 bridgehead atoms. The van der Waals surface area contributed by atoms with Gasteiger partial charge in [-0.2, -0.15) is 13.2 Å². The first kappa shape index (κ1) is 24.8. The number of pyridine rings is 1. The van der Waals surface area contributed by atoms with Gasteiger partial charge in [0.2, 0.25) is 5.91 Å². The Morgan fingerprint density at radius 3 is 2.38 bits per heavy atom. The maximum absolute atomic E-state index is 12.9. The molecule has 1 aromatic heterocycles. The third-order valence-corrected chi connectivity index (χ3v) is 4.56. The molecule has 0 saturated heterocycles. The number of ether oxygens (including phenoxy) is 1. The molecule has 0 unspecified atom stereocenters. The SMILES string of the molecule is CNC(=O)c1cc(Oc2ccc(NC(=O)CNOc3ccc(Cl)c(C(F)(F)F)c3)cc2)ccn1. The van der Waals surface area contributed by atoms with E-state index in [0.717, 1.165) is 12.1 Å². The smallest absolute Gasteiger partial charge is 0.417 e. The van der Waals surface area contributed by atoms with Crippen LogP contribution in [0, 0.1) is 0 Å². The van der Waals surface area contributed by atoms with Crippen molar-refractivity contribution >= 4 is 29.1 Å². The van der Waals surface area contributed by atoms with Gasteiger partial charge in [-0.25, -0.2) is 0 Å². The summed E-state index contributed by atoms with van der Waals surface area (Å²) in [5.74, 6) is -0.137. The van der Waals surface area contributed by atoms with Gasteiger partial charge in [0, 0.05) is 25.0 Å². The van der Waals surface area contributed by atoms with Crippen LogP contribution >= 0.6 is 11.6 Å². The molecule has 0 atom stereocenters. The van der Waals surface area contributed by atoms with E-state index in [-0.39, 0.29) is 23.9 Å². The molecular formula is C22H18ClF3N4O4. The maximum Gasteiger partial charge on any atom is 0.417 e.